The zero-order chi connectivity index (χ0) is 23.0. The smallest absolute Gasteiger partial charge is 0.280 e. The zero-order valence-electron chi connectivity index (χ0n) is 17.4. The summed E-state index contributed by atoms with van der Waals surface area (Å²) < 4.78 is 6.87. The van der Waals surface area contributed by atoms with E-state index in [0.717, 1.165) is 11.3 Å². The number of rotatable bonds is 6. The number of nitrogens with one attached hydrogen (secondary N) is 2. The number of H-pyrrole nitrogens is 1. The molecular formula is C19H24N8O5. The Labute approximate surface area is 181 Å². The summed E-state index contributed by atoms with van der Waals surface area (Å²) >= 11 is 0. The number of aromatic amines is 1. The summed E-state index contributed by atoms with van der Waals surface area (Å²) in [5.41, 5.74) is 9.60. The number of aromatic nitrogens is 4. The Morgan fingerprint density at radius 3 is 2.62 bits per heavy atom. The van der Waals surface area contributed by atoms with E-state index in [-0.39, 0.29) is 23.1 Å². The highest BCUT2D eigenvalue weighted by atomic mass is 16.6. The van der Waals surface area contributed by atoms with Gasteiger partial charge in [0.25, 0.3) is 5.56 Å². The van der Waals surface area contributed by atoms with Crippen molar-refractivity contribution in [2.24, 2.45) is 5.10 Å². The molecule has 3 heterocycles. The molecule has 4 rings (SSSR count). The minimum Gasteiger partial charge on any atom is -0.394 e. The van der Waals surface area contributed by atoms with Crippen LogP contribution in [0.25, 0.3) is 11.2 Å². The number of anilines is 3. The van der Waals surface area contributed by atoms with Gasteiger partial charge in [0.1, 0.15) is 18.3 Å². The molecule has 0 saturated carbocycles. The Morgan fingerprint density at radius 2 is 2.00 bits per heavy atom. The van der Waals surface area contributed by atoms with Crippen molar-refractivity contribution in [1.29, 1.82) is 0 Å². The normalized spacial score (nSPS) is 23.3. The molecule has 3 aromatic rings. The fraction of sp³-hybridized carbons (Fsp3) is 0.368. The molecule has 1 saturated heterocycles. The SMILES string of the molecule is CN(C)c1ccc(C=NNc2nc3c(=O)[nH]c(N)nc3n2[C@@H]2O[C@H](CO)[C@@H](O)[C@@H]2O)cc1. The number of benzene rings is 1. The van der Waals surface area contributed by atoms with Crippen LogP contribution < -0.4 is 21.6 Å². The number of hydrazone groups is 1. The molecule has 1 aromatic carbocycles. The summed E-state index contributed by atoms with van der Waals surface area (Å²) in [7, 11) is 3.88. The highest BCUT2D eigenvalue weighted by Gasteiger charge is 2.45. The van der Waals surface area contributed by atoms with Crippen molar-refractivity contribution < 1.29 is 20.1 Å². The van der Waals surface area contributed by atoms with Crippen molar-refractivity contribution in [1.82, 2.24) is 19.5 Å². The summed E-state index contributed by atoms with van der Waals surface area (Å²) in [4.78, 5) is 24.9. The largest absolute Gasteiger partial charge is 0.394 e. The second-order valence-corrected chi connectivity index (χ2v) is 7.51. The van der Waals surface area contributed by atoms with Gasteiger partial charge in [0.2, 0.25) is 11.9 Å². The Morgan fingerprint density at radius 1 is 1.28 bits per heavy atom. The van der Waals surface area contributed by atoms with Crippen LogP contribution in [-0.4, -0.2) is 80.1 Å². The van der Waals surface area contributed by atoms with Gasteiger partial charge in [-0.05, 0) is 17.7 Å². The molecule has 0 bridgehead atoms. The van der Waals surface area contributed by atoms with E-state index in [1.807, 2.05) is 43.3 Å². The highest BCUT2D eigenvalue weighted by molar-refractivity contribution is 5.81. The van der Waals surface area contributed by atoms with Crippen LogP contribution in [0.3, 0.4) is 0 Å². The molecule has 13 heteroatoms. The van der Waals surface area contributed by atoms with Gasteiger partial charge < -0.3 is 30.7 Å². The monoisotopic (exact) mass is 444 g/mol. The molecule has 1 fully saturated rings. The zero-order valence-corrected chi connectivity index (χ0v) is 17.4. The van der Waals surface area contributed by atoms with Crippen molar-refractivity contribution in [2.75, 3.05) is 36.8 Å². The van der Waals surface area contributed by atoms with Crippen molar-refractivity contribution >= 4 is 35.0 Å². The number of imidazole rings is 1. The second-order valence-electron chi connectivity index (χ2n) is 7.51. The van der Waals surface area contributed by atoms with Crippen LogP contribution in [0.15, 0.2) is 34.2 Å². The molecule has 32 heavy (non-hydrogen) atoms. The van der Waals surface area contributed by atoms with Gasteiger partial charge in [-0.25, -0.2) is 10.4 Å². The fourth-order valence-electron chi connectivity index (χ4n) is 3.44. The van der Waals surface area contributed by atoms with E-state index in [4.69, 9.17) is 10.5 Å². The molecule has 7 N–H and O–H groups in total. The summed E-state index contributed by atoms with van der Waals surface area (Å²) in [6.07, 6.45) is -3.45. The van der Waals surface area contributed by atoms with Crippen molar-refractivity contribution in [3.8, 4) is 0 Å². The molecule has 0 amide bonds. The third kappa shape index (κ3) is 3.89. The standard InChI is InChI=1S/C19H24N8O5/c1-26(2)10-5-3-9(4-6-10)7-21-25-19-22-12-15(23-18(20)24-16(12)31)27(19)17-14(30)13(29)11(8-28)32-17/h3-7,11,13-14,17,28-30H,8H2,1-2H3,(H,22,25)(H3,20,23,24,31)/t11-,13-,14+,17-/m1/s1. The first-order valence-corrected chi connectivity index (χ1v) is 9.76. The third-order valence-electron chi connectivity index (χ3n) is 5.13. The number of aliphatic hydroxyl groups is 3. The van der Waals surface area contributed by atoms with Gasteiger partial charge in [-0.2, -0.15) is 10.1 Å². The number of nitrogen functional groups attached to an aromatic ring is 1. The van der Waals surface area contributed by atoms with Gasteiger partial charge in [-0.1, -0.05) is 12.1 Å². The molecule has 1 aliphatic rings. The molecule has 0 radical (unpaired) electrons. The second kappa shape index (κ2) is 8.55. The minimum absolute atomic E-state index is 0.0223. The van der Waals surface area contributed by atoms with Crippen LogP contribution in [0.2, 0.25) is 0 Å². The number of nitrogens with two attached hydrogens (primary N) is 1. The first kappa shape index (κ1) is 21.7. The lowest BCUT2D eigenvalue weighted by atomic mass is 10.1. The van der Waals surface area contributed by atoms with Gasteiger partial charge in [-0.15, -0.1) is 0 Å². The molecular weight excluding hydrogens is 420 g/mol. The molecule has 170 valence electrons. The van der Waals surface area contributed by atoms with E-state index in [0.29, 0.717) is 0 Å². The number of fused-ring (bicyclic) bond motifs is 1. The van der Waals surface area contributed by atoms with Crippen molar-refractivity contribution in [3.05, 3.63) is 40.2 Å². The fourth-order valence-corrected chi connectivity index (χ4v) is 3.44. The minimum atomic E-state index is -1.42. The summed E-state index contributed by atoms with van der Waals surface area (Å²) in [5, 5.41) is 34.2. The van der Waals surface area contributed by atoms with E-state index >= 15 is 0 Å². The molecule has 0 aliphatic carbocycles. The van der Waals surface area contributed by atoms with E-state index in [1.165, 1.54) is 4.57 Å². The Hall–Kier alpha value is -3.52. The predicted octanol–water partition coefficient (Wildman–Crippen LogP) is -1.17. The predicted molar refractivity (Wildman–Crippen MR) is 118 cm³/mol. The van der Waals surface area contributed by atoms with E-state index < -0.39 is 36.7 Å². The Kier molecular flexibility index (Phi) is 5.80. The molecule has 0 unspecified atom stereocenters. The summed E-state index contributed by atoms with van der Waals surface area (Å²) in [6, 6.07) is 7.62. The van der Waals surface area contributed by atoms with Crippen molar-refractivity contribution in [2.45, 2.75) is 24.5 Å². The van der Waals surface area contributed by atoms with Gasteiger partial charge >= 0.3 is 0 Å². The average molecular weight is 444 g/mol. The van der Waals surface area contributed by atoms with Crippen LogP contribution in [0.1, 0.15) is 11.8 Å². The van der Waals surface area contributed by atoms with Crippen molar-refractivity contribution in [3.63, 3.8) is 0 Å². The topological polar surface area (TPSA) is 187 Å². The highest BCUT2D eigenvalue weighted by Crippen LogP contribution is 2.33. The number of ether oxygens (including phenoxy) is 1. The van der Waals surface area contributed by atoms with Gasteiger partial charge in [0.15, 0.2) is 17.4 Å². The maximum absolute atomic E-state index is 12.3. The van der Waals surface area contributed by atoms with E-state index in [9.17, 15) is 20.1 Å². The van der Waals surface area contributed by atoms with Gasteiger partial charge in [0.05, 0.1) is 12.8 Å². The number of hydrogen-bond donors (Lipinski definition) is 6. The lowest BCUT2D eigenvalue weighted by Gasteiger charge is -2.18. The molecule has 1 aliphatic heterocycles. The van der Waals surface area contributed by atoms with Crippen LogP contribution in [0, 0.1) is 0 Å². The van der Waals surface area contributed by atoms with Crippen LogP contribution in [0.4, 0.5) is 17.6 Å². The summed E-state index contributed by atoms with van der Waals surface area (Å²) in [5.74, 6) is -0.133. The molecule has 2 aromatic heterocycles. The third-order valence-corrected chi connectivity index (χ3v) is 5.13. The maximum atomic E-state index is 12.3. The van der Waals surface area contributed by atoms with Gasteiger partial charge in [0, 0.05) is 19.8 Å². The molecule has 13 nitrogen and oxygen atoms in total. The first-order chi connectivity index (χ1) is 15.3. The quantitative estimate of drug-likeness (QED) is 0.200. The summed E-state index contributed by atoms with van der Waals surface area (Å²) in [6.45, 7) is -0.513. The van der Waals surface area contributed by atoms with E-state index in [1.54, 1.807) is 6.21 Å². The van der Waals surface area contributed by atoms with E-state index in [2.05, 4.69) is 25.5 Å². The number of hydrogen-bond acceptors (Lipinski definition) is 11. The average Bonchev–Trinajstić information content (AvgIpc) is 3.25. The first-order valence-electron chi connectivity index (χ1n) is 9.76. The van der Waals surface area contributed by atoms with Crippen LogP contribution in [0.5, 0.6) is 0 Å². The molecule has 4 atom stereocenters. The Bertz CT molecular complexity index is 1190. The maximum Gasteiger partial charge on any atom is 0.280 e. The van der Waals surface area contributed by atoms with Gasteiger partial charge in [-0.3, -0.25) is 14.3 Å². The number of aliphatic hydroxyl groups excluding tert-OH is 3. The number of nitrogens with zero attached hydrogens (tertiary/aromatic N) is 5. The van der Waals surface area contributed by atoms with Crippen LogP contribution in [-0.2, 0) is 4.74 Å². The van der Waals surface area contributed by atoms with Crippen LogP contribution >= 0.6 is 0 Å². The molecule has 0 spiro atoms. The lowest BCUT2D eigenvalue weighted by Crippen LogP contribution is -2.33. The Balaban J connectivity index is 1.70. The lowest BCUT2D eigenvalue weighted by molar-refractivity contribution is -0.0501.